The SMILES string of the molecule is CCOc1ncnc2sc(C(=O)NCCc3c[nH]c4ccccc34)c(C)c12. The van der Waals surface area contributed by atoms with E-state index in [9.17, 15) is 4.79 Å². The van der Waals surface area contributed by atoms with E-state index in [1.807, 2.05) is 32.2 Å². The van der Waals surface area contributed by atoms with E-state index in [-0.39, 0.29) is 5.91 Å². The molecule has 6 nitrogen and oxygen atoms in total. The van der Waals surface area contributed by atoms with Gasteiger partial charge in [0.2, 0.25) is 5.88 Å². The van der Waals surface area contributed by atoms with Crippen molar-refractivity contribution in [1.82, 2.24) is 20.3 Å². The van der Waals surface area contributed by atoms with E-state index >= 15 is 0 Å². The summed E-state index contributed by atoms with van der Waals surface area (Å²) in [5.74, 6) is 0.451. The summed E-state index contributed by atoms with van der Waals surface area (Å²) < 4.78 is 5.58. The van der Waals surface area contributed by atoms with Gasteiger partial charge in [-0.3, -0.25) is 4.79 Å². The summed E-state index contributed by atoms with van der Waals surface area (Å²) in [5, 5.41) is 5.04. The van der Waals surface area contributed by atoms with Gasteiger partial charge in [0.05, 0.1) is 16.9 Å². The van der Waals surface area contributed by atoms with Crippen molar-refractivity contribution >= 4 is 38.4 Å². The van der Waals surface area contributed by atoms with Crippen LogP contribution in [0.15, 0.2) is 36.8 Å². The predicted molar refractivity (Wildman–Crippen MR) is 108 cm³/mol. The molecule has 0 saturated heterocycles. The number of para-hydroxylation sites is 1. The minimum absolute atomic E-state index is 0.0854. The Kier molecular flexibility index (Phi) is 4.77. The summed E-state index contributed by atoms with van der Waals surface area (Å²) in [6.07, 6.45) is 4.25. The van der Waals surface area contributed by atoms with E-state index in [2.05, 4.69) is 32.4 Å². The number of aromatic amines is 1. The third-order valence-corrected chi connectivity index (χ3v) is 5.73. The highest BCUT2D eigenvalue weighted by molar-refractivity contribution is 7.20. The molecule has 138 valence electrons. The minimum atomic E-state index is -0.0854. The molecule has 0 saturated carbocycles. The van der Waals surface area contributed by atoms with Crippen molar-refractivity contribution in [3.05, 3.63) is 52.8 Å². The molecule has 0 spiro atoms. The number of thiophene rings is 1. The Hall–Kier alpha value is -2.93. The molecule has 0 bridgehead atoms. The molecule has 3 heterocycles. The van der Waals surface area contributed by atoms with Crippen molar-refractivity contribution < 1.29 is 9.53 Å². The lowest BCUT2D eigenvalue weighted by Gasteiger charge is -2.05. The number of carbonyl (C=O) groups is 1. The van der Waals surface area contributed by atoms with Gasteiger partial charge in [0.15, 0.2) is 0 Å². The van der Waals surface area contributed by atoms with Crippen LogP contribution in [-0.4, -0.2) is 34.0 Å². The van der Waals surface area contributed by atoms with Gasteiger partial charge in [-0.1, -0.05) is 18.2 Å². The van der Waals surface area contributed by atoms with Gasteiger partial charge in [0, 0.05) is 23.6 Å². The molecule has 0 atom stereocenters. The van der Waals surface area contributed by atoms with Crippen molar-refractivity contribution in [2.24, 2.45) is 0 Å². The molecule has 0 aliphatic carbocycles. The monoisotopic (exact) mass is 380 g/mol. The van der Waals surface area contributed by atoms with Crippen molar-refractivity contribution in [2.75, 3.05) is 13.2 Å². The van der Waals surface area contributed by atoms with Gasteiger partial charge < -0.3 is 15.0 Å². The molecule has 0 aliphatic rings. The van der Waals surface area contributed by atoms with Gasteiger partial charge in [-0.25, -0.2) is 9.97 Å². The summed E-state index contributed by atoms with van der Waals surface area (Å²) in [4.78, 5) is 25.9. The molecule has 0 unspecified atom stereocenters. The van der Waals surface area contributed by atoms with E-state index in [1.54, 1.807) is 0 Å². The molecule has 7 heteroatoms. The molecule has 3 aromatic heterocycles. The second-order valence-corrected chi connectivity index (χ2v) is 7.21. The molecule has 0 aliphatic heterocycles. The average Bonchev–Trinajstić information content (AvgIpc) is 3.24. The standard InChI is InChI=1S/C20H20N4O2S/c1-3-26-19-16-12(2)17(27-20(16)24-11-23-19)18(25)21-9-8-13-10-22-15-7-5-4-6-14(13)15/h4-7,10-11,22H,3,8-9H2,1-2H3,(H,21,25). The first kappa shape index (κ1) is 17.5. The number of carbonyl (C=O) groups excluding carboxylic acids is 1. The van der Waals surface area contributed by atoms with E-state index in [0.717, 1.165) is 27.7 Å². The number of nitrogens with one attached hydrogen (secondary N) is 2. The number of rotatable bonds is 6. The van der Waals surface area contributed by atoms with Gasteiger partial charge in [0.1, 0.15) is 11.2 Å². The Balaban J connectivity index is 1.50. The van der Waals surface area contributed by atoms with Crippen molar-refractivity contribution in [3.63, 3.8) is 0 Å². The number of hydrogen-bond donors (Lipinski definition) is 2. The zero-order chi connectivity index (χ0) is 18.8. The fourth-order valence-corrected chi connectivity index (χ4v) is 4.29. The average molecular weight is 380 g/mol. The van der Waals surface area contributed by atoms with Crippen LogP contribution in [0, 0.1) is 6.92 Å². The summed E-state index contributed by atoms with van der Waals surface area (Å²) in [6, 6.07) is 8.17. The summed E-state index contributed by atoms with van der Waals surface area (Å²) >= 11 is 1.37. The van der Waals surface area contributed by atoms with E-state index in [1.165, 1.54) is 28.6 Å². The maximum Gasteiger partial charge on any atom is 0.261 e. The lowest BCUT2D eigenvalue weighted by atomic mass is 10.1. The molecule has 1 aromatic carbocycles. The highest BCUT2D eigenvalue weighted by atomic mass is 32.1. The first-order valence-corrected chi connectivity index (χ1v) is 9.70. The number of H-pyrrole nitrogens is 1. The first-order valence-electron chi connectivity index (χ1n) is 8.89. The Labute approximate surface area is 160 Å². The topological polar surface area (TPSA) is 79.9 Å². The molecular weight excluding hydrogens is 360 g/mol. The van der Waals surface area contributed by atoms with Crippen LogP contribution in [0.4, 0.5) is 0 Å². The third-order valence-electron chi connectivity index (χ3n) is 4.53. The predicted octanol–water partition coefficient (Wildman–Crippen LogP) is 3.85. The van der Waals surface area contributed by atoms with Crippen LogP contribution in [0.25, 0.3) is 21.1 Å². The molecule has 27 heavy (non-hydrogen) atoms. The third kappa shape index (κ3) is 3.26. The number of hydrogen-bond acceptors (Lipinski definition) is 5. The van der Waals surface area contributed by atoms with Crippen LogP contribution in [0.2, 0.25) is 0 Å². The van der Waals surface area contributed by atoms with Crippen LogP contribution in [0.5, 0.6) is 5.88 Å². The van der Waals surface area contributed by atoms with Gasteiger partial charge in [-0.2, -0.15) is 0 Å². The van der Waals surface area contributed by atoms with Crippen LogP contribution in [-0.2, 0) is 6.42 Å². The van der Waals surface area contributed by atoms with Gasteiger partial charge in [-0.15, -0.1) is 11.3 Å². The summed E-state index contributed by atoms with van der Waals surface area (Å²) in [5.41, 5.74) is 3.17. The maximum absolute atomic E-state index is 12.7. The smallest absolute Gasteiger partial charge is 0.261 e. The Morgan fingerprint density at radius 3 is 3.00 bits per heavy atom. The van der Waals surface area contributed by atoms with E-state index in [4.69, 9.17) is 4.74 Å². The van der Waals surface area contributed by atoms with Crippen LogP contribution < -0.4 is 10.1 Å². The molecule has 4 rings (SSSR count). The number of benzene rings is 1. The minimum Gasteiger partial charge on any atom is -0.477 e. The van der Waals surface area contributed by atoms with Crippen molar-refractivity contribution in [1.29, 1.82) is 0 Å². The number of ether oxygens (including phenoxy) is 1. The number of nitrogens with zero attached hydrogens (tertiary/aromatic N) is 2. The largest absolute Gasteiger partial charge is 0.477 e. The molecule has 1 amide bonds. The van der Waals surface area contributed by atoms with Gasteiger partial charge >= 0.3 is 0 Å². The lowest BCUT2D eigenvalue weighted by molar-refractivity contribution is 0.0957. The lowest BCUT2D eigenvalue weighted by Crippen LogP contribution is -2.25. The molecule has 0 radical (unpaired) electrons. The fourth-order valence-electron chi connectivity index (χ4n) is 3.23. The second-order valence-electron chi connectivity index (χ2n) is 6.21. The number of fused-ring (bicyclic) bond motifs is 2. The Morgan fingerprint density at radius 1 is 1.30 bits per heavy atom. The van der Waals surface area contributed by atoms with Crippen molar-refractivity contribution in [3.8, 4) is 5.88 Å². The van der Waals surface area contributed by atoms with Crippen LogP contribution in [0.1, 0.15) is 27.7 Å². The second kappa shape index (κ2) is 7.36. The maximum atomic E-state index is 12.7. The highest BCUT2D eigenvalue weighted by Gasteiger charge is 2.19. The quantitative estimate of drug-likeness (QED) is 0.532. The number of aromatic nitrogens is 3. The van der Waals surface area contributed by atoms with Gasteiger partial charge in [0.25, 0.3) is 5.91 Å². The Morgan fingerprint density at radius 2 is 2.15 bits per heavy atom. The molecule has 4 aromatic rings. The fraction of sp³-hybridized carbons (Fsp3) is 0.250. The summed E-state index contributed by atoms with van der Waals surface area (Å²) in [7, 11) is 0. The van der Waals surface area contributed by atoms with Crippen LogP contribution in [0.3, 0.4) is 0 Å². The van der Waals surface area contributed by atoms with Crippen molar-refractivity contribution in [2.45, 2.75) is 20.3 Å². The van der Waals surface area contributed by atoms with Gasteiger partial charge in [-0.05, 0) is 37.5 Å². The normalized spacial score (nSPS) is 11.2. The number of amides is 1. The molecular formula is C20H20N4O2S. The first-order chi connectivity index (χ1) is 13.2. The van der Waals surface area contributed by atoms with Crippen LogP contribution >= 0.6 is 11.3 Å². The summed E-state index contributed by atoms with van der Waals surface area (Å²) in [6.45, 7) is 4.92. The zero-order valence-corrected chi connectivity index (χ0v) is 16.0. The highest BCUT2D eigenvalue weighted by Crippen LogP contribution is 2.34. The van der Waals surface area contributed by atoms with E-state index < -0.39 is 0 Å². The molecule has 2 N–H and O–H groups in total. The van der Waals surface area contributed by atoms with E-state index in [0.29, 0.717) is 23.9 Å². The number of aryl methyl sites for hydroxylation is 1. The molecule has 0 fully saturated rings. The zero-order valence-electron chi connectivity index (χ0n) is 15.2. The Bertz CT molecular complexity index is 1120.